The lowest BCUT2D eigenvalue weighted by Crippen LogP contribution is -2.28. The first-order valence-corrected chi connectivity index (χ1v) is 8.99. The van der Waals surface area contributed by atoms with E-state index in [9.17, 15) is 4.79 Å². The summed E-state index contributed by atoms with van der Waals surface area (Å²) in [4.78, 5) is 12.6. The van der Waals surface area contributed by atoms with Crippen molar-refractivity contribution in [1.29, 1.82) is 0 Å². The molecule has 0 aromatic heterocycles. The molecule has 0 saturated carbocycles. The van der Waals surface area contributed by atoms with E-state index in [0.717, 1.165) is 17.5 Å². The van der Waals surface area contributed by atoms with Gasteiger partial charge in [0, 0.05) is 0 Å². The summed E-state index contributed by atoms with van der Waals surface area (Å²) in [6.07, 6.45) is 0.413. The van der Waals surface area contributed by atoms with Gasteiger partial charge in [0.1, 0.15) is 0 Å². The van der Waals surface area contributed by atoms with Crippen LogP contribution < -0.4 is 0 Å². The third kappa shape index (κ3) is 6.02. The lowest BCUT2D eigenvalue weighted by atomic mass is 9.88. The van der Waals surface area contributed by atoms with Crippen molar-refractivity contribution < 1.29 is 14.3 Å². The minimum absolute atomic E-state index is 0.182. The summed E-state index contributed by atoms with van der Waals surface area (Å²) in [7, 11) is 0. The van der Waals surface area contributed by atoms with Crippen molar-refractivity contribution in [3.05, 3.63) is 71.8 Å². The van der Waals surface area contributed by atoms with E-state index < -0.39 is 0 Å². The zero-order valence-corrected chi connectivity index (χ0v) is 15.4. The summed E-state index contributed by atoms with van der Waals surface area (Å²) in [5.41, 5.74) is 2.10. The quantitative estimate of drug-likeness (QED) is 0.591. The first-order chi connectivity index (χ1) is 12.1. The van der Waals surface area contributed by atoms with Crippen LogP contribution in [0.3, 0.4) is 0 Å². The second-order valence-electron chi connectivity index (χ2n) is 6.62. The van der Waals surface area contributed by atoms with E-state index in [0.29, 0.717) is 19.1 Å². The molecule has 2 aromatic carbocycles. The predicted octanol–water partition coefficient (Wildman–Crippen LogP) is 5.17. The largest absolute Gasteiger partial charge is 0.466 e. The third-order valence-corrected chi connectivity index (χ3v) is 4.08. The number of esters is 1. The first-order valence-electron chi connectivity index (χ1n) is 8.99. The van der Waals surface area contributed by atoms with Crippen LogP contribution >= 0.6 is 0 Å². The van der Waals surface area contributed by atoms with E-state index in [2.05, 4.69) is 13.8 Å². The number of rotatable bonds is 9. The minimum atomic E-state index is -0.317. The van der Waals surface area contributed by atoms with Crippen molar-refractivity contribution in [2.75, 3.05) is 6.61 Å². The van der Waals surface area contributed by atoms with E-state index in [4.69, 9.17) is 9.47 Å². The zero-order valence-electron chi connectivity index (χ0n) is 15.4. The summed E-state index contributed by atoms with van der Waals surface area (Å²) in [6, 6.07) is 20.0. The van der Waals surface area contributed by atoms with E-state index >= 15 is 0 Å². The maximum atomic E-state index is 12.6. The molecule has 0 aliphatic heterocycles. The van der Waals surface area contributed by atoms with E-state index in [1.54, 1.807) is 0 Å². The van der Waals surface area contributed by atoms with Crippen LogP contribution in [-0.4, -0.2) is 12.6 Å². The fourth-order valence-corrected chi connectivity index (χ4v) is 2.95. The Hall–Kier alpha value is -2.13. The SMILES string of the molecule is CCOC(=O)[C@@H](CC(C)C)[C@H](OCc1ccccc1)c1ccccc1. The van der Waals surface area contributed by atoms with Crippen molar-refractivity contribution >= 4 is 5.97 Å². The second-order valence-corrected chi connectivity index (χ2v) is 6.62. The number of hydrogen-bond acceptors (Lipinski definition) is 3. The van der Waals surface area contributed by atoms with Gasteiger partial charge in [-0.1, -0.05) is 74.5 Å². The average Bonchev–Trinajstić information content (AvgIpc) is 2.62. The second kappa shape index (κ2) is 10.00. The molecule has 2 aromatic rings. The number of ether oxygens (including phenoxy) is 2. The minimum Gasteiger partial charge on any atom is -0.466 e. The molecule has 0 aliphatic carbocycles. The monoisotopic (exact) mass is 340 g/mol. The molecule has 0 N–H and O–H groups in total. The molecule has 0 radical (unpaired) electrons. The molecule has 2 rings (SSSR count). The number of carbonyl (C=O) groups excluding carboxylic acids is 1. The number of hydrogen-bond donors (Lipinski definition) is 0. The standard InChI is InChI=1S/C22H28O3/c1-4-24-22(23)20(15-17(2)3)21(19-13-9-6-10-14-19)25-16-18-11-7-5-8-12-18/h5-14,17,20-21H,4,15-16H2,1-3H3/t20-,21+/m0/s1. The molecular formula is C22H28O3. The Morgan fingerprint density at radius 2 is 1.56 bits per heavy atom. The predicted molar refractivity (Wildman–Crippen MR) is 100.0 cm³/mol. The van der Waals surface area contributed by atoms with Gasteiger partial charge in [-0.3, -0.25) is 4.79 Å². The lowest BCUT2D eigenvalue weighted by Gasteiger charge is -2.27. The number of benzene rings is 2. The molecule has 0 bridgehead atoms. The van der Waals surface area contributed by atoms with Crippen LogP contribution in [0.4, 0.5) is 0 Å². The van der Waals surface area contributed by atoms with Crippen LogP contribution in [0.25, 0.3) is 0 Å². The van der Waals surface area contributed by atoms with Crippen molar-refractivity contribution in [3.63, 3.8) is 0 Å². The molecule has 0 saturated heterocycles. The zero-order chi connectivity index (χ0) is 18.1. The molecule has 0 heterocycles. The van der Waals surface area contributed by atoms with Crippen LogP contribution in [0, 0.1) is 11.8 Å². The highest BCUT2D eigenvalue weighted by Gasteiger charge is 2.32. The van der Waals surface area contributed by atoms with Gasteiger partial charge >= 0.3 is 5.97 Å². The Labute approximate surface area is 151 Å². The summed E-state index contributed by atoms with van der Waals surface area (Å²) >= 11 is 0. The van der Waals surface area contributed by atoms with Crippen molar-refractivity contribution in [1.82, 2.24) is 0 Å². The highest BCUT2D eigenvalue weighted by atomic mass is 16.5. The fraction of sp³-hybridized carbons (Fsp3) is 0.409. The molecular weight excluding hydrogens is 312 g/mol. The lowest BCUT2D eigenvalue weighted by molar-refractivity contribution is -0.155. The Morgan fingerprint density at radius 3 is 2.12 bits per heavy atom. The Morgan fingerprint density at radius 1 is 0.960 bits per heavy atom. The van der Waals surface area contributed by atoms with E-state index in [1.165, 1.54) is 0 Å². The van der Waals surface area contributed by atoms with Crippen LogP contribution in [0.15, 0.2) is 60.7 Å². The topological polar surface area (TPSA) is 35.5 Å². The van der Waals surface area contributed by atoms with Gasteiger partial charge < -0.3 is 9.47 Å². The molecule has 0 aliphatic rings. The highest BCUT2D eigenvalue weighted by Crippen LogP contribution is 2.33. The maximum Gasteiger partial charge on any atom is 0.311 e. The summed E-state index contributed by atoms with van der Waals surface area (Å²) in [5.74, 6) is -0.120. The van der Waals surface area contributed by atoms with Gasteiger partial charge in [-0.15, -0.1) is 0 Å². The smallest absolute Gasteiger partial charge is 0.311 e. The molecule has 0 fully saturated rings. The Bertz CT molecular complexity index is 622. The van der Waals surface area contributed by atoms with Crippen molar-refractivity contribution in [3.8, 4) is 0 Å². The van der Waals surface area contributed by atoms with Gasteiger partial charge in [0.15, 0.2) is 0 Å². The van der Waals surface area contributed by atoms with Gasteiger partial charge in [0.2, 0.25) is 0 Å². The van der Waals surface area contributed by atoms with Gasteiger partial charge in [-0.25, -0.2) is 0 Å². The van der Waals surface area contributed by atoms with Crippen molar-refractivity contribution in [2.45, 2.75) is 39.9 Å². The van der Waals surface area contributed by atoms with E-state index in [-0.39, 0.29) is 18.0 Å². The van der Waals surface area contributed by atoms with Gasteiger partial charge in [0.25, 0.3) is 0 Å². The first kappa shape index (κ1) is 19.2. The van der Waals surface area contributed by atoms with Crippen LogP contribution in [0.5, 0.6) is 0 Å². The Kier molecular flexibility index (Phi) is 7.68. The molecule has 2 atom stereocenters. The molecule has 3 heteroatoms. The van der Waals surface area contributed by atoms with E-state index in [1.807, 2.05) is 67.6 Å². The maximum absolute atomic E-state index is 12.6. The average molecular weight is 340 g/mol. The summed E-state index contributed by atoms with van der Waals surface area (Å²) in [5, 5.41) is 0. The fourth-order valence-electron chi connectivity index (χ4n) is 2.95. The normalized spacial score (nSPS) is 13.4. The molecule has 134 valence electrons. The number of carbonyl (C=O) groups is 1. The van der Waals surface area contributed by atoms with Crippen molar-refractivity contribution in [2.24, 2.45) is 11.8 Å². The molecule has 25 heavy (non-hydrogen) atoms. The van der Waals surface area contributed by atoms with Crippen LogP contribution in [-0.2, 0) is 20.9 Å². The highest BCUT2D eigenvalue weighted by molar-refractivity contribution is 5.73. The van der Waals surface area contributed by atoms with Gasteiger partial charge in [-0.05, 0) is 30.4 Å². The van der Waals surface area contributed by atoms with Gasteiger partial charge in [-0.2, -0.15) is 0 Å². The Balaban J connectivity index is 2.25. The molecule has 0 spiro atoms. The molecule has 0 unspecified atom stereocenters. The summed E-state index contributed by atoms with van der Waals surface area (Å²) in [6.45, 7) is 6.92. The molecule has 0 amide bonds. The van der Waals surface area contributed by atoms with Gasteiger partial charge in [0.05, 0.1) is 25.2 Å². The molecule has 3 nitrogen and oxygen atoms in total. The third-order valence-electron chi connectivity index (χ3n) is 4.08. The summed E-state index contributed by atoms with van der Waals surface area (Å²) < 4.78 is 11.6. The van der Waals surface area contributed by atoms with Crippen LogP contribution in [0.2, 0.25) is 0 Å². The van der Waals surface area contributed by atoms with Crippen LogP contribution in [0.1, 0.15) is 44.4 Å².